The van der Waals surface area contributed by atoms with Gasteiger partial charge < -0.3 is 9.40 Å². The summed E-state index contributed by atoms with van der Waals surface area (Å²) in [5.41, 5.74) is 12.7. The number of nitrogen functional groups attached to an aromatic ring is 1. The van der Waals surface area contributed by atoms with Crippen LogP contribution in [0.5, 0.6) is 0 Å². The van der Waals surface area contributed by atoms with Gasteiger partial charge in [-0.1, -0.05) is 30.3 Å². The smallest absolute Gasteiger partial charge is 0.411 e. The Morgan fingerprint density at radius 1 is 1.12 bits per heavy atom. The van der Waals surface area contributed by atoms with Crippen LogP contribution in [0.4, 0.5) is 5.95 Å². The van der Waals surface area contributed by atoms with Crippen molar-refractivity contribution >= 4 is 22.5 Å². The third kappa shape index (κ3) is 3.01. The Labute approximate surface area is 193 Å². The number of fused-ring (bicyclic) bond motifs is 2. The van der Waals surface area contributed by atoms with E-state index in [1.807, 2.05) is 42.6 Å². The molecule has 0 aliphatic rings. The number of nitrogens with two attached hydrogens (primary N) is 1. The average Bonchev–Trinajstić information content (AvgIpc) is 3.55. The van der Waals surface area contributed by atoms with Crippen molar-refractivity contribution in [2.45, 2.75) is 20.4 Å². The number of nitrogens with one attached hydrogen (secondary N) is 2. The predicted octanol–water partition coefficient (Wildman–Crippen LogP) is 3.36. The van der Waals surface area contributed by atoms with Crippen molar-refractivity contribution in [2.24, 2.45) is 0 Å². The first kappa shape index (κ1) is 20.0. The van der Waals surface area contributed by atoms with Gasteiger partial charge in [0, 0.05) is 22.7 Å². The Hall–Kier alpha value is -4.66. The number of aromatic nitrogens is 6. The number of hydrogen-bond donors (Lipinski definition) is 2. The molecular weight excluding hydrogens is 430 g/mol. The van der Waals surface area contributed by atoms with E-state index in [4.69, 9.17) is 15.2 Å². The molecule has 4 heterocycles. The molecule has 0 unspecified atom stereocenters. The van der Waals surface area contributed by atoms with Crippen molar-refractivity contribution in [2.75, 3.05) is 5.73 Å². The van der Waals surface area contributed by atoms with E-state index < -0.39 is 0 Å². The van der Waals surface area contributed by atoms with Gasteiger partial charge in [-0.25, -0.2) is 14.8 Å². The zero-order valence-corrected chi connectivity index (χ0v) is 18.7. The van der Waals surface area contributed by atoms with Crippen molar-refractivity contribution < 1.29 is 9.40 Å². The molecule has 34 heavy (non-hydrogen) atoms. The summed E-state index contributed by atoms with van der Waals surface area (Å²) in [5.74, 6) is 0.840. The Balaban J connectivity index is 1.69. The fourth-order valence-electron chi connectivity index (χ4n) is 4.47. The topological polar surface area (TPSA) is 121 Å². The highest BCUT2D eigenvalue weighted by Gasteiger charge is 2.26. The van der Waals surface area contributed by atoms with E-state index in [9.17, 15) is 4.79 Å². The molecule has 0 saturated carbocycles. The summed E-state index contributed by atoms with van der Waals surface area (Å²) in [6.45, 7) is 4.04. The van der Waals surface area contributed by atoms with Gasteiger partial charge in [0.2, 0.25) is 5.65 Å². The first-order valence-corrected chi connectivity index (χ1v) is 10.9. The Bertz CT molecular complexity index is 1740. The monoisotopic (exact) mass is 452 g/mol. The molecule has 168 valence electrons. The summed E-state index contributed by atoms with van der Waals surface area (Å²) in [5, 5.41) is 5.80. The fraction of sp³-hybridized carbons (Fsp3) is 0.120. The molecule has 0 atom stereocenters. The Kier molecular flexibility index (Phi) is 4.38. The number of anilines is 1. The maximum Gasteiger partial charge on any atom is 0.411 e. The zero-order chi connectivity index (χ0) is 23.4. The number of rotatable bonds is 4. The molecule has 0 aliphatic heterocycles. The van der Waals surface area contributed by atoms with Gasteiger partial charge >= 0.3 is 11.6 Å². The lowest BCUT2D eigenvalue weighted by atomic mass is 9.97. The maximum atomic E-state index is 13.4. The molecule has 0 bridgehead atoms. The molecule has 0 spiro atoms. The predicted molar refractivity (Wildman–Crippen MR) is 128 cm³/mol. The SMILES string of the molecule is Cc1ocnc1Cn1nc2c(-c3cc(C)c4[nH]ccc4c3)c(-c3ccccc3)[nH+]c(N)n2c1=O. The van der Waals surface area contributed by atoms with E-state index in [1.165, 1.54) is 15.5 Å². The second-order valence-electron chi connectivity index (χ2n) is 8.32. The van der Waals surface area contributed by atoms with Crippen LogP contribution in [-0.2, 0) is 6.54 Å². The van der Waals surface area contributed by atoms with Gasteiger partial charge in [0.25, 0.3) is 0 Å². The van der Waals surface area contributed by atoms with Crippen LogP contribution in [-0.4, -0.2) is 24.1 Å². The molecule has 4 aromatic heterocycles. The number of nitrogens with zero attached hydrogens (tertiary/aromatic N) is 4. The molecular formula is C25H22N7O2+. The van der Waals surface area contributed by atoms with Gasteiger partial charge in [0.1, 0.15) is 17.1 Å². The highest BCUT2D eigenvalue weighted by Crippen LogP contribution is 2.35. The van der Waals surface area contributed by atoms with Crippen LogP contribution in [0.2, 0.25) is 0 Å². The quantitative estimate of drug-likeness (QED) is 0.425. The third-order valence-electron chi connectivity index (χ3n) is 6.16. The van der Waals surface area contributed by atoms with E-state index in [0.717, 1.165) is 38.9 Å². The molecule has 0 fully saturated rings. The molecule has 6 aromatic rings. The maximum absolute atomic E-state index is 13.4. The normalized spacial score (nSPS) is 11.6. The number of hydrogen-bond acceptors (Lipinski definition) is 5. The molecule has 0 radical (unpaired) electrons. The molecule has 2 aromatic carbocycles. The number of H-pyrrole nitrogens is 2. The van der Waals surface area contributed by atoms with Crippen molar-refractivity contribution in [1.82, 2.24) is 24.1 Å². The number of oxazole rings is 1. The van der Waals surface area contributed by atoms with Gasteiger partial charge in [-0.15, -0.1) is 9.50 Å². The van der Waals surface area contributed by atoms with E-state index in [2.05, 4.69) is 34.0 Å². The minimum absolute atomic E-state index is 0.179. The highest BCUT2D eigenvalue weighted by atomic mass is 16.3. The lowest BCUT2D eigenvalue weighted by Gasteiger charge is -2.10. The number of benzene rings is 2. The van der Waals surface area contributed by atoms with Gasteiger partial charge in [0.15, 0.2) is 6.39 Å². The van der Waals surface area contributed by atoms with Crippen molar-refractivity contribution in [3.8, 4) is 22.4 Å². The molecule has 9 nitrogen and oxygen atoms in total. The second kappa shape index (κ2) is 7.45. The average molecular weight is 452 g/mol. The largest absolute Gasteiger partial charge is 0.448 e. The Morgan fingerprint density at radius 3 is 2.71 bits per heavy atom. The lowest BCUT2D eigenvalue weighted by molar-refractivity contribution is -0.351. The second-order valence-corrected chi connectivity index (χ2v) is 8.32. The van der Waals surface area contributed by atoms with Crippen LogP contribution in [0.15, 0.2) is 70.3 Å². The molecule has 9 heteroatoms. The lowest BCUT2D eigenvalue weighted by Crippen LogP contribution is -2.28. The highest BCUT2D eigenvalue weighted by molar-refractivity contribution is 5.94. The summed E-state index contributed by atoms with van der Waals surface area (Å²) < 4.78 is 8.07. The van der Waals surface area contributed by atoms with Crippen molar-refractivity contribution in [3.05, 3.63) is 88.6 Å². The first-order chi connectivity index (χ1) is 16.5. The summed E-state index contributed by atoms with van der Waals surface area (Å²) in [7, 11) is 0. The zero-order valence-electron chi connectivity index (χ0n) is 18.7. The van der Waals surface area contributed by atoms with E-state index >= 15 is 0 Å². The van der Waals surface area contributed by atoms with E-state index in [-0.39, 0.29) is 18.2 Å². The molecule has 0 saturated heterocycles. The van der Waals surface area contributed by atoms with Crippen LogP contribution in [0, 0.1) is 13.8 Å². The van der Waals surface area contributed by atoms with E-state index in [0.29, 0.717) is 17.1 Å². The summed E-state index contributed by atoms with van der Waals surface area (Å²) >= 11 is 0. The van der Waals surface area contributed by atoms with Gasteiger partial charge in [-0.3, -0.25) is 5.73 Å². The van der Waals surface area contributed by atoms with Crippen LogP contribution in [0.1, 0.15) is 17.0 Å². The number of aromatic amines is 2. The first-order valence-electron chi connectivity index (χ1n) is 10.9. The standard InChI is InChI=1S/C25H21N7O2/c1-14-10-18(11-17-8-9-27-21(14)17)20-22(16-6-4-3-5-7-16)29-24(26)32-23(20)30-31(25(32)33)12-19-15(2)34-13-28-19/h3-11,13,27H,12H2,1-2H3,(H2,26,29)/p+1. The van der Waals surface area contributed by atoms with Crippen molar-refractivity contribution in [1.29, 1.82) is 0 Å². The molecule has 6 rings (SSSR count). The number of aryl methyl sites for hydroxylation is 2. The third-order valence-corrected chi connectivity index (χ3v) is 6.16. The molecule has 0 aliphatic carbocycles. The Morgan fingerprint density at radius 2 is 1.94 bits per heavy atom. The van der Waals surface area contributed by atoms with Gasteiger partial charge in [-0.2, -0.15) is 4.68 Å². The van der Waals surface area contributed by atoms with E-state index in [1.54, 1.807) is 6.92 Å². The summed E-state index contributed by atoms with van der Waals surface area (Å²) in [6.07, 6.45) is 3.28. The minimum Gasteiger partial charge on any atom is -0.448 e. The fourth-order valence-corrected chi connectivity index (χ4v) is 4.47. The van der Waals surface area contributed by atoms with Crippen LogP contribution in [0.3, 0.4) is 0 Å². The van der Waals surface area contributed by atoms with Crippen LogP contribution in [0.25, 0.3) is 38.9 Å². The molecule has 0 amide bonds. The van der Waals surface area contributed by atoms with Crippen LogP contribution >= 0.6 is 0 Å². The van der Waals surface area contributed by atoms with Crippen molar-refractivity contribution in [3.63, 3.8) is 0 Å². The summed E-state index contributed by atoms with van der Waals surface area (Å²) in [4.78, 5) is 24.1. The minimum atomic E-state index is -0.355. The molecule has 4 N–H and O–H groups in total. The summed E-state index contributed by atoms with van der Waals surface area (Å²) in [6, 6.07) is 16.1. The van der Waals surface area contributed by atoms with Gasteiger partial charge in [0.05, 0.1) is 12.1 Å². The van der Waals surface area contributed by atoms with Gasteiger partial charge in [-0.05, 0) is 43.2 Å². The van der Waals surface area contributed by atoms with Crippen LogP contribution < -0.4 is 16.4 Å².